The minimum Gasteiger partial charge on any atom is -0.457 e. The highest BCUT2D eigenvalue weighted by atomic mass is 32.2. The normalized spacial score (nSPS) is 14.8. The number of halogens is 2. The lowest BCUT2D eigenvalue weighted by Crippen LogP contribution is -2.48. The molecule has 1 fully saturated rings. The van der Waals surface area contributed by atoms with Crippen LogP contribution in [0, 0.1) is 11.6 Å². The van der Waals surface area contributed by atoms with E-state index in [-0.39, 0.29) is 41.5 Å². The van der Waals surface area contributed by atoms with Crippen LogP contribution in [-0.2, 0) is 21.4 Å². The summed E-state index contributed by atoms with van der Waals surface area (Å²) in [6, 6.07) is 17.6. The maximum Gasteiger partial charge on any atom is 0.338 e. The smallest absolute Gasteiger partial charge is 0.338 e. The van der Waals surface area contributed by atoms with Gasteiger partial charge in [-0.2, -0.15) is 4.31 Å². The highest BCUT2D eigenvalue weighted by Crippen LogP contribution is 2.22. The zero-order valence-electron chi connectivity index (χ0n) is 17.7. The lowest BCUT2D eigenvalue weighted by Gasteiger charge is -2.35. The number of esters is 1. The van der Waals surface area contributed by atoms with E-state index >= 15 is 0 Å². The van der Waals surface area contributed by atoms with E-state index in [4.69, 9.17) is 4.74 Å². The molecule has 9 heteroatoms. The van der Waals surface area contributed by atoms with Gasteiger partial charge in [0.05, 0.1) is 10.5 Å². The highest BCUT2D eigenvalue weighted by molar-refractivity contribution is 7.89. The number of hydrogen-bond donors (Lipinski definition) is 0. The van der Waals surface area contributed by atoms with Gasteiger partial charge >= 0.3 is 5.97 Å². The number of carbonyl (C=O) groups is 1. The number of rotatable bonds is 6. The molecule has 172 valence electrons. The minimum atomic E-state index is -3.83. The van der Waals surface area contributed by atoms with Crippen molar-refractivity contribution in [2.24, 2.45) is 0 Å². The fourth-order valence-electron chi connectivity index (χ4n) is 3.61. The molecule has 0 atom stereocenters. The van der Waals surface area contributed by atoms with Crippen molar-refractivity contribution < 1.29 is 26.7 Å². The van der Waals surface area contributed by atoms with E-state index in [1.54, 1.807) is 18.2 Å². The summed E-state index contributed by atoms with van der Waals surface area (Å²) in [6.07, 6.45) is 0. The molecule has 0 unspecified atom stereocenters. The summed E-state index contributed by atoms with van der Waals surface area (Å²) in [5, 5.41) is 0. The Balaban J connectivity index is 1.42. The molecule has 0 aliphatic carbocycles. The van der Waals surface area contributed by atoms with E-state index in [2.05, 4.69) is 0 Å². The first-order valence-corrected chi connectivity index (χ1v) is 11.8. The highest BCUT2D eigenvalue weighted by Gasteiger charge is 2.29. The Morgan fingerprint density at radius 1 is 0.879 bits per heavy atom. The van der Waals surface area contributed by atoms with Crippen molar-refractivity contribution in [3.63, 3.8) is 0 Å². The second kappa shape index (κ2) is 9.68. The molecule has 0 radical (unpaired) electrons. The standard InChI is InChI=1S/C24H22F2N2O4S/c25-20-8-10-21(11-9-20)27-12-14-28(15-13-27)33(30,31)22-6-3-5-18(16-22)24(29)32-17-19-4-1-2-7-23(19)26/h1-11,16H,12-15,17H2. The molecule has 3 aromatic carbocycles. The molecule has 0 spiro atoms. The van der Waals surface area contributed by atoms with E-state index in [9.17, 15) is 22.0 Å². The van der Waals surface area contributed by atoms with Gasteiger partial charge in [-0.1, -0.05) is 24.3 Å². The Morgan fingerprint density at radius 2 is 1.58 bits per heavy atom. The molecule has 33 heavy (non-hydrogen) atoms. The lowest BCUT2D eigenvalue weighted by atomic mass is 10.2. The number of nitrogens with zero attached hydrogens (tertiary/aromatic N) is 2. The number of benzene rings is 3. The molecule has 0 amide bonds. The van der Waals surface area contributed by atoms with Gasteiger partial charge in [-0.05, 0) is 48.5 Å². The van der Waals surface area contributed by atoms with Crippen LogP contribution in [0.3, 0.4) is 0 Å². The SMILES string of the molecule is O=C(OCc1ccccc1F)c1cccc(S(=O)(=O)N2CCN(c3ccc(F)cc3)CC2)c1. The van der Waals surface area contributed by atoms with Crippen molar-refractivity contribution in [3.8, 4) is 0 Å². The molecule has 0 bridgehead atoms. The van der Waals surface area contributed by atoms with Gasteiger partial charge in [-0.3, -0.25) is 0 Å². The van der Waals surface area contributed by atoms with Gasteiger partial charge < -0.3 is 9.64 Å². The van der Waals surface area contributed by atoms with Crippen LogP contribution in [-0.4, -0.2) is 44.9 Å². The van der Waals surface area contributed by atoms with Crippen LogP contribution in [0.4, 0.5) is 14.5 Å². The first-order valence-electron chi connectivity index (χ1n) is 10.4. The molecule has 1 heterocycles. The van der Waals surface area contributed by atoms with E-state index in [1.165, 1.54) is 58.9 Å². The molecule has 0 saturated carbocycles. The number of sulfonamides is 1. The van der Waals surface area contributed by atoms with Crippen molar-refractivity contribution in [1.82, 2.24) is 4.31 Å². The van der Waals surface area contributed by atoms with Crippen LogP contribution in [0.2, 0.25) is 0 Å². The van der Waals surface area contributed by atoms with E-state index in [1.807, 2.05) is 4.90 Å². The lowest BCUT2D eigenvalue weighted by molar-refractivity contribution is 0.0468. The van der Waals surface area contributed by atoms with Crippen LogP contribution >= 0.6 is 0 Å². The number of anilines is 1. The third-order valence-corrected chi connectivity index (χ3v) is 7.35. The maximum atomic E-state index is 13.7. The van der Waals surface area contributed by atoms with Gasteiger partial charge in [-0.15, -0.1) is 0 Å². The minimum absolute atomic E-state index is 0.0157. The predicted octanol–water partition coefficient (Wildman–Crippen LogP) is 3.83. The molecule has 1 saturated heterocycles. The quantitative estimate of drug-likeness (QED) is 0.510. The van der Waals surface area contributed by atoms with Gasteiger partial charge in [0.1, 0.15) is 18.2 Å². The summed E-state index contributed by atoms with van der Waals surface area (Å²) in [5.74, 6) is -1.55. The number of hydrogen-bond acceptors (Lipinski definition) is 5. The molecule has 3 aromatic rings. The molecule has 6 nitrogen and oxygen atoms in total. The third-order valence-electron chi connectivity index (χ3n) is 5.45. The second-order valence-electron chi connectivity index (χ2n) is 7.56. The van der Waals surface area contributed by atoms with Crippen molar-refractivity contribution >= 4 is 21.7 Å². The Kier molecular flexibility index (Phi) is 6.71. The summed E-state index contributed by atoms with van der Waals surface area (Å²) in [4.78, 5) is 14.4. The van der Waals surface area contributed by atoms with E-state index in [0.29, 0.717) is 13.1 Å². The molecular formula is C24H22F2N2O4S. The van der Waals surface area contributed by atoms with Crippen molar-refractivity contribution in [2.45, 2.75) is 11.5 Å². The molecule has 4 rings (SSSR count). The summed E-state index contributed by atoms with van der Waals surface area (Å²) in [7, 11) is -3.83. The second-order valence-corrected chi connectivity index (χ2v) is 9.50. The molecule has 0 aromatic heterocycles. The van der Waals surface area contributed by atoms with E-state index < -0.39 is 21.8 Å². The van der Waals surface area contributed by atoms with Crippen LogP contribution in [0.25, 0.3) is 0 Å². The summed E-state index contributed by atoms with van der Waals surface area (Å²) < 4.78 is 59.6. The van der Waals surface area contributed by atoms with Gasteiger partial charge in [-0.25, -0.2) is 22.0 Å². The largest absolute Gasteiger partial charge is 0.457 e. The van der Waals surface area contributed by atoms with Crippen molar-refractivity contribution in [1.29, 1.82) is 0 Å². The first kappa shape index (κ1) is 22.9. The first-order chi connectivity index (χ1) is 15.8. The van der Waals surface area contributed by atoms with Crippen molar-refractivity contribution in [3.05, 3.63) is 95.6 Å². The van der Waals surface area contributed by atoms with Gasteiger partial charge in [0, 0.05) is 37.4 Å². The number of carbonyl (C=O) groups excluding carboxylic acids is 1. The van der Waals surface area contributed by atoms with Crippen LogP contribution in [0.5, 0.6) is 0 Å². The fourth-order valence-corrected chi connectivity index (χ4v) is 5.08. The zero-order valence-corrected chi connectivity index (χ0v) is 18.5. The summed E-state index contributed by atoms with van der Waals surface area (Å²) in [6.45, 7) is 1.15. The van der Waals surface area contributed by atoms with Gasteiger partial charge in [0.15, 0.2) is 0 Å². The molecule has 1 aliphatic rings. The number of ether oxygens (including phenoxy) is 1. The average molecular weight is 473 g/mol. The fraction of sp³-hybridized carbons (Fsp3) is 0.208. The number of piperazine rings is 1. The molecule has 1 aliphatic heterocycles. The molecular weight excluding hydrogens is 450 g/mol. The summed E-state index contributed by atoms with van der Waals surface area (Å²) in [5.41, 5.74) is 1.12. The molecule has 0 N–H and O–H groups in total. The van der Waals surface area contributed by atoms with Crippen molar-refractivity contribution in [2.75, 3.05) is 31.1 Å². The van der Waals surface area contributed by atoms with E-state index in [0.717, 1.165) is 5.69 Å². The topological polar surface area (TPSA) is 66.9 Å². The third kappa shape index (κ3) is 5.20. The Labute approximate surface area is 191 Å². The van der Waals surface area contributed by atoms with Crippen LogP contribution in [0.15, 0.2) is 77.7 Å². The average Bonchev–Trinajstić information content (AvgIpc) is 2.84. The predicted molar refractivity (Wildman–Crippen MR) is 119 cm³/mol. The van der Waals surface area contributed by atoms with Crippen LogP contribution in [0.1, 0.15) is 15.9 Å². The maximum absolute atomic E-state index is 13.7. The Bertz CT molecular complexity index is 1240. The Hall–Kier alpha value is -3.30. The monoisotopic (exact) mass is 472 g/mol. The van der Waals surface area contributed by atoms with Crippen LogP contribution < -0.4 is 4.90 Å². The summed E-state index contributed by atoms with van der Waals surface area (Å²) >= 11 is 0. The Morgan fingerprint density at radius 3 is 2.27 bits per heavy atom. The van der Waals surface area contributed by atoms with Gasteiger partial charge in [0.2, 0.25) is 10.0 Å². The zero-order chi connectivity index (χ0) is 23.4. The van der Waals surface area contributed by atoms with Gasteiger partial charge in [0.25, 0.3) is 0 Å².